The van der Waals surface area contributed by atoms with Crippen molar-refractivity contribution in [1.82, 2.24) is 10.3 Å². The summed E-state index contributed by atoms with van der Waals surface area (Å²) in [6, 6.07) is 9.45. The summed E-state index contributed by atoms with van der Waals surface area (Å²) in [7, 11) is 0. The van der Waals surface area contributed by atoms with E-state index in [0.717, 1.165) is 33.5 Å². The van der Waals surface area contributed by atoms with Crippen molar-refractivity contribution in [3.05, 3.63) is 63.1 Å². The molecule has 0 saturated carbocycles. The molecule has 2 rings (SSSR count). The van der Waals surface area contributed by atoms with E-state index in [1.807, 2.05) is 26.0 Å². The molecule has 0 bridgehead atoms. The summed E-state index contributed by atoms with van der Waals surface area (Å²) in [5.41, 5.74) is 3.86. The molecule has 0 aliphatic rings. The van der Waals surface area contributed by atoms with Crippen LogP contribution in [0.2, 0.25) is 0 Å². The second-order valence-corrected chi connectivity index (χ2v) is 6.15. The molecule has 0 amide bonds. The van der Waals surface area contributed by atoms with E-state index in [1.54, 1.807) is 0 Å². The summed E-state index contributed by atoms with van der Waals surface area (Å²) in [6.07, 6.45) is 0.621. The Morgan fingerprint density at radius 1 is 1.19 bits per heavy atom. The van der Waals surface area contributed by atoms with Gasteiger partial charge < -0.3 is 5.32 Å². The van der Waals surface area contributed by atoms with E-state index in [4.69, 9.17) is 0 Å². The molecular weight excluding hydrogens is 331 g/mol. The molecule has 1 aromatic carbocycles. The van der Waals surface area contributed by atoms with Crippen LogP contribution in [-0.2, 0) is 6.42 Å². The second-order valence-electron chi connectivity index (χ2n) is 5.23. The lowest BCUT2D eigenvalue weighted by Gasteiger charge is -2.20. The zero-order valence-corrected chi connectivity index (χ0v) is 14.2. The van der Waals surface area contributed by atoms with Crippen LogP contribution in [0.25, 0.3) is 0 Å². The maximum absolute atomic E-state index is 14.1. The molecule has 21 heavy (non-hydrogen) atoms. The molecule has 1 atom stereocenters. The number of benzene rings is 1. The van der Waals surface area contributed by atoms with Crippen LogP contribution in [0.1, 0.15) is 35.5 Å². The predicted molar refractivity (Wildman–Crippen MR) is 87.9 cm³/mol. The predicted octanol–water partition coefficient (Wildman–Crippen LogP) is 4.49. The van der Waals surface area contributed by atoms with Crippen LogP contribution < -0.4 is 5.32 Å². The molecule has 1 heterocycles. The fourth-order valence-corrected chi connectivity index (χ4v) is 2.86. The van der Waals surface area contributed by atoms with Gasteiger partial charge in [-0.05, 0) is 62.2 Å². The summed E-state index contributed by atoms with van der Waals surface area (Å²) >= 11 is 3.29. The van der Waals surface area contributed by atoms with Crippen molar-refractivity contribution in [1.29, 1.82) is 0 Å². The van der Waals surface area contributed by atoms with E-state index in [-0.39, 0.29) is 11.9 Å². The standard InChI is InChI=1S/C17H20BrFN2/c1-4-20-17(14-7-11(2)21-12(3)8-14)9-13-5-6-15(18)10-16(13)19/h5-8,10,17,20H,4,9H2,1-3H3. The van der Waals surface area contributed by atoms with Gasteiger partial charge in [-0.25, -0.2) is 4.39 Å². The molecule has 1 N–H and O–H groups in total. The molecule has 112 valence electrons. The summed E-state index contributed by atoms with van der Waals surface area (Å²) < 4.78 is 14.8. The minimum absolute atomic E-state index is 0.0890. The number of pyridine rings is 1. The largest absolute Gasteiger partial charge is 0.310 e. The van der Waals surface area contributed by atoms with Gasteiger partial charge in [0.25, 0.3) is 0 Å². The summed E-state index contributed by atoms with van der Waals surface area (Å²) in [5.74, 6) is -0.172. The molecule has 2 aromatic rings. The van der Waals surface area contributed by atoms with Gasteiger partial charge in [-0.15, -0.1) is 0 Å². The van der Waals surface area contributed by atoms with Crippen molar-refractivity contribution >= 4 is 15.9 Å². The highest BCUT2D eigenvalue weighted by molar-refractivity contribution is 9.10. The first-order valence-electron chi connectivity index (χ1n) is 7.12. The zero-order valence-electron chi connectivity index (χ0n) is 12.6. The number of likely N-dealkylation sites (N-methyl/N-ethyl adjacent to an activating group) is 1. The Labute approximate surface area is 133 Å². The molecule has 0 aliphatic carbocycles. The molecular formula is C17H20BrFN2. The Hall–Kier alpha value is -1.26. The molecule has 0 radical (unpaired) electrons. The average molecular weight is 351 g/mol. The molecule has 0 saturated heterocycles. The number of hydrogen-bond acceptors (Lipinski definition) is 2. The van der Waals surface area contributed by atoms with Crippen molar-refractivity contribution in [2.75, 3.05) is 6.54 Å². The first-order valence-corrected chi connectivity index (χ1v) is 7.91. The van der Waals surface area contributed by atoms with E-state index < -0.39 is 0 Å². The average Bonchev–Trinajstić information content (AvgIpc) is 2.40. The quantitative estimate of drug-likeness (QED) is 0.858. The molecule has 1 unspecified atom stereocenters. The van der Waals surface area contributed by atoms with Gasteiger partial charge in [-0.2, -0.15) is 0 Å². The maximum atomic E-state index is 14.1. The van der Waals surface area contributed by atoms with Crippen LogP contribution in [-0.4, -0.2) is 11.5 Å². The smallest absolute Gasteiger partial charge is 0.127 e. The molecule has 0 aliphatic heterocycles. The highest BCUT2D eigenvalue weighted by Crippen LogP contribution is 2.23. The van der Waals surface area contributed by atoms with Gasteiger partial charge in [-0.1, -0.05) is 28.9 Å². The normalized spacial score (nSPS) is 12.4. The van der Waals surface area contributed by atoms with E-state index in [9.17, 15) is 4.39 Å². The van der Waals surface area contributed by atoms with Crippen molar-refractivity contribution in [3.8, 4) is 0 Å². The third kappa shape index (κ3) is 4.35. The highest BCUT2D eigenvalue weighted by Gasteiger charge is 2.15. The summed E-state index contributed by atoms with van der Waals surface area (Å²) in [5, 5.41) is 3.44. The number of nitrogens with one attached hydrogen (secondary N) is 1. The van der Waals surface area contributed by atoms with Crippen molar-refractivity contribution < 1.29 is 4.39 Å². The molecule has 1 aromatic heterocycles. The molecule has 2 nitrogen and oxygen atoms in total. The Bertz CT molecular complexity index is 608. The number of aromatic nitrogens is 1. The van der Waals surface area contributed by atoms with Crippen molar-refractivity contribution in [3.63, 3.8) is 0 Å². The summed E-state index contributed by atoms with van der Waals surface area (Å²) in [4.78, 5) is 4.40. The first kappa shape index (κ1) is 16.1. The van der Waals surface area contributed by atoms with Crippen LogP contribution in [0.4, 0.5) is 4.39 Å². The van der Waals surface area contributed by atoms with Gasteiger partial charge >= 0.3 is 0 Å². The third-order valence-corrected chi connectivity index (χ3v) is 3.89. The zero-order chi connectivity index (χ0) is 15.4. The first-order chi connectivity index (χ1) is 9.99. The SMILES string of the molecule is CCNC(Cc1ccc(Br)cc1F)c1cc(C)nc(C)c1. The lowest BCUT2D eigenvalue weighted by atomic mass is 9.98. The van der Waals surface area contributed by atoms with Crippen LogP contribution >= 0.6 is 15.9 Å². The van der Waals surface area contributed by atoms with Crippen LogP contribution in [0.15, 0.2) is 34.8 Å². The van der Waals surface area contributed by atoms with E-state index >= 15 is 0 Å². The minimum atomic E-state index is -0.172. The van der Waals surface area contributed by atoms with Gasteiger partial charge in [0, 0.05) is 21.9 Å². The highest BCUT2D eigenvalue weighted by atomic mass is 79.9. The van der Waals surface area contributed by atoms with Crippen molar-refractivity contribution in [2.45, 2.75) is 33.2 Å². The monoisotopic (exact) mass is 350 g/mol. The van der Waals surface area contributed by atoms with Crippen LogP contribution in [0.5, 0.6) is 0 Å². The van der Waals surface area contributed by atoms with Crippen LogP contribution in [0.3, 0.4) is 0 Å². The van der Waals surface area contributed by atoms with E-state index in [0.29, 0.717) is 6.42 Å². The summed E-state index contributed by atoms with van der Waals surface area (Å²) in [6.45, 7) is 6.87. The van der Waals surface area contributed by atoms with E-state index in [2.05, 4.69) is 45.3 Å². The Morgan fingerprint density at radius 3 is 2.43 bits per heavy atom. The number of aryl methyl sites for hydroxylation is 2. The number of rotatable bonds is 5. The minimum Gasteiger partial charge on any atom is -0.310 e. The van der Waals surface area contributed by atoms with Crippen molar-refractivity contribution in [2.24, 2.45) is 0 Å². The van der Waals surface area contributed by atoms with Gasteiger partial charge in [0.05, 0.1) is 0 Å². The number of hydrogen-bond donors (Lipinski definition) is 1. The van der Waals surface area contributed by atoms with Gasteiger partial charge in [0.2, 0.25) is 0 Å². The fraction of sp³-hybridized carbons (Fsp3) is 0.353. The molecule has 4 heteroatoms. The fourth-order valence-electron chi connectivity index (χ4n) is 2.53. The number of nitrogens with zero attached hydrogens (tertiary/aromatic N) is 1. The van der Waals surface area contributed by atoms with E-state index in [1.165, 1.54) is 6.07 Å². The Kier molecular flexibility index (Phi) is 5.48. The Morgan fingerprint density at radius 2 is 1.86 bits per heavy atom. The van der Waals surface area contributed by atoms with Gasteiger partial charge in [-0.3, -0.25) is 4.98 Å². The van der Waals surface area contributed by atoms with Gasteiger partial charge in [0.1, 0.15) is 5.82 Å². The van der Waals surface area contributed by atoms with Crippen LogP contribution in [0, 0.1) is 19.7 Å². The maximum Gasteiger partial charge on any atom is 0.127 e. The molecule has 0 spiro atoms. The second kappa shape index (κ2) is 7.14. The Balaban J connectivity index is 2.30. The van der Waals surface area contributed by atoms with Gasteiger partial charge in [0.15, 0.2) is 0 Å². The lowest BCUT2D eigenvalue weighted by Crippen LogP contribution is -2.23. The third-order valence-electron chi connectivity index (χ3n) is 3.40. The topological polar surface area (TPSA) is 24.9 Å². The number of halogens is 2. The molecule has 0 fully saturated rings. The lowest BCUT2D eigenvalue weighted by molar-refractivity contribution is 0.526.